The number of amidine groups is 2. The summed E-state index contributed by atoms with van der Waals surface area (Å²) < 4.78 is 6.87. The van der Waals surface area contributed by atoms with Crippen LogP contribution in [-0.2, 0) is 4.74 Å². The number of ether oxygens (including phenoxy) is 1. The van der Waals surface area contributed by atoms with Crippen molar-refractivity contribution < 1.29 is 9.53 Å². The minimum atomic E-state index is -0.374. The number of carbonyl (C=O) groups excluding carboxylic acids is 1. The van der Waals surface area contributed by atoms with Crippen molar-refractivity contribution in [1.82, 2.24) is 9.78 Å². The molecule has 212 valence electrons. The molecule has 1 atom stereocenters. The van der Waals surface area contributed by atoms with Crippen LogP contribution < -0.4 is 10.2 Å². The van der Waals surface area contributed by atoms with Crippen LogP contribution in [0.15, 0.2) is 107 Å². The van der Waals surface area contributed by atoms with Crippen molar-refractivity contribution in [1.29, 1.82) is 0 Å². The minimum absolute atomic E-state index is 0.292. The number of rotatable bonds is 4. The van der Waals surface area contributed by atoms with Crippen LogP contribution in [0.3, 0.4) is 0 Å². The van der Waals surface area contributed by atoms with Gasteiger partial charge in [-0.15, -0.1) is 0 Å². The second-order valence-corrected chi connectivity index (χ2v) is 10.8. The van der Waals surface area contributed by atoms with E-state index >= 15 is 0 Å². The quantitative estimate of drug-likeness (QED) is 0.230. The molecule has 43 heavy (non-hydrogen) atoms. The monoisotopic (exact) mass is 566 g/mol. The number of anilines is 2. The molecule has 8 heteroatoms. The first-order chi connectivity index (χ1) is 20.9. The Balaban J connectivity index is 1.50. The number of nitrogens with one attached hydrogen (secondary N) is 1. The van der Waals surface area contributed by atoms with Gasteiger partial charge in [0.2, 0.25) is 0 Å². The highest BCUT2D eigenvalue weighted by atomic mass is 16.5. The average molecular weight is 567 g/mol. The molecule has 4 aromatic carbocycles. The lowest BCUT2D eigenvalue weighted by Crippen LogP contribution is -2.48. The van der Waals surface area contributed by atoms with Crippen LogP contribution in [0, 0.1) is 20.8 Å². The number of esters is 1. The zero-order valence-electron chi connectivity index (χ0n) is 24.4. The number of hydrogen-bond donors (Lipinski definition) is 1. The molecule has 2 aliphatic rings. The summed E-state index contributed by atoms with van der Waals surface area (Å²) in [5, 5.41) is 8.57. The Morgan fingerprint density at radius 3 is 2.40 bits per heavy atom. The predicted octanol–water partition coefficient (Wildman–Crippen LogP) is 7.38. The molecule has 0 saturated heterocycles. The van der Waals surface area contributed by atoms with Gasteiger partial charge in [-0.3, -0.25) is 0 Å². The number of nitrogens with zero attached hydrogens (tertiary/aromatic N) is 5. The van der Waals surface area contributed by atoms with Gasteiger partial charge >= 0.3 is 5.97 Å². The summed E-state index contributed by atoms with van der Waals surface area (Å²) >= 11 is 0. The summed E-state index contributed by atoms with van der Waals surface area (Å²) in [5.41, 5.74) is 9.28. The fourth-order valence-electron chi connectivity index (χ4n) is 5.87. The van der Waals surface area contributed by atoms with Crippen LogP contribution >= 0.6 is 0 Å². The van der Waals surface area contributed by atoms with Gasteiger partial charge in [0.15, 0.2) is 17.5 Å². The normalized spacial score (nSPS) is 16.1. The maximum atomic E-state index is 12.3. The summed E-state index contributed by atoms with van der Waals surface area (Å²) in [6, 6.07) is 31.7. The molecule has 3 heterocycles. The number of para-hydroxylation sites is 3. The molecule has 7 rings (SSSR count). The maximum Gasteiger partial charge on any atom is 0.337 e. The lowest BCUT2D eigenvalue weighted by Gasteiger charge is -2.42. The number of methoxy groups -OCH3 is 1. The summed E-state index contributed by atoms with van der Waals surface area (Å²) in [7, 11) is 1.39. The highest BCUT2D eigenvalue weighted by Crippen LogP contribution is 2.47. The molecule has 2 aliphatic heterocycles. The first-order valence-electron chi connectivity index (χ1n) is 14.2. The van der Waals surface area contributed by atoms with Crippen LogP contribution in [0.4, 0.5) is 22.9 Å². The molecule has 0 spiro atoms. The molecule has 0 unspecified atom stereocenters. The SMILES string of the molecule is COC(=O)c1ccc([C@H]2c3c(C)nn(-c4ccccc4)c3N=C3C(=Nc4ccc(C)cc4C)Nc4ccccc4N32)cc1. The third kappa shape index (κ3) is 4.48. The van der Waals surface area contributed by atoms with E-state index in [1.165, 1.54) is 12.7 Å². The van der Waals surface area contributed by atoms with Crippen molar-refractivity contribution in [3.63, 3.8) is 0 Å². The van der Waals surface area contributed by atoms with Gasteiger partial charge in [-0.1, -0.05) is 60.2 Å². The molecule has 1 N–H and O–H groups in total. The number of aliphatic imine (C=N–C) groups is 2. The van der Waals surface area contributed by atoms with Gasteiger partial charge in [0, 0.05) is 5.56 Å². The first kappa shape index (κ1) is 26.4. The molecule has 1 aromatic heterocycles. The molecule has 0 fully saturated rings. The third-order valence-electron chi connectivity index (χ3n) is 7.91. The average Bonchev–Trinajstić information content (AvgIpc) is 3.37. The Kier molecular flexibility index (Phi) is 6.39. The molecule has 5 aromatic rings. The van der Waals surface area contributed by atoms with Crippen LogP contribution in [0.5, 0.6) is 0 Å². The zero-order valence-corrected chi connectivity index (χ0v) is 24.4. The fraction of sp³-hybridized carbons (Fsp3) is 0.143. The van der Waals surface area contributed by atoms with Crippen molar-refractivity contribution >= 4 is 40.5 Å². The van der Waals surface area contributed by atoms with E-state index in [-0.39, 0.29) is 12.0 Å². The summed E-state index contributed by atoms with van der Waals surface area (Å²) in [6.45, 7) is 6.17. The molecule has 8 nitrogen and oxygen atoms in total. The summed E-state index contributed by atoms with van der Waals surface area (Å²) in [4.78, 5) is 25.0. The molecular formula is C35H30N6O2. The van der Waals surface area contributed by atoms with E-state index in [1.54, 1.807) is 0 Å². The van der Waals surface area contributed by atoms with Crippen molar-refractivity contribution in [2.24, 2.45) is 9.98 Å². The fourth-order valence-corrected chi connectivity index (χ4v) is 5.87. The lowest BCUT2D eigenvalue weighted by atomic mass is 9.92. The van der Waals surface area contributed by atoms with Gasteiger partial charge in [0.05, 0.1) is 47.2 Å². The molecule has 0 radical (unpaired) electrons. The van der Waals surface area contributed by atoms with Gasteiger partial charge < -0.3 is 15.0 Å². The van der Waals surface area contributed by atoms with E-state index < -0.39 is 0 Å². The van der Waals surface area contributed by atoms with Crippen LogP contribution in [-0.4, -0.2) is 34.5 Å². The second-order valence-electron chi connectivity index (χ2n) is 10.8. The predicted molar refractivity (Wildman–Crippen MR) is 171 cm³/mol. The van der Waals surface area contributed by atoms with Gasteiger partial charge in [-0.2, -0.15) is 5.10 Å². The van der Waals surface area contributed by atoms with E-state index in [1.807, 2.05) is 84.4 Å². The van der Waals surface area contributed by atoms with Crippen molar-refractivity contribution in [2.75, 3.05) is 17.3 Å². The standard InChI is InChI=1S/C35H30N6O2/c1-21-14-19-27(22(2)20-21)36-32-34-38-33-30(23(3)39-41(33)26-10-6-5-7-11-26)31(24-15-17-25(18-16-24)35(42)43-4)40(34)29-13-9-8-12-28(29)37-32/h5-20,31H,1-4H3,(H,36,37)/t31-/m0/s1. The van der Waals surface area contributed by atoms with Crippen LogP contribution in [0.1, 0.15) is 44.3 Å². The molecule has 0 saturated carbocycles. The topological polar surface area (TPSA) is 84.1 Å². The Morgan fingerprint density at radius 1 is 0.907 bits per heavy atom. The highest BCUT2D eigenvalue weighted by Gasteiger charge is 2.42. The molecular weight excluding hydrogens is 536 g/mol. The maximum absolute atomic E-state index is 12.3. The van der Waals surface area contributed by atoms with Gasteiger partial charge in [0.25, 0.3) is 0 Å². The van der Waals surface area contributed by atoms with Crippen molar-refractivity contribution in [2.45, 2.75) is 26.8 Å². The lowest BCUT2D eigenvalue weighted by molar-refractivity contribution is 0.0600. The van der Waals surface area contributed by atoms with Crippen LogP contribution in [0.25, 0.3) is 5.69 Å². The molecule has 0 amide bonds. The zero-order chi connectivity index (χ0) is 29.7. The number of fused-ring (bicyclic) bond motifs is 4. The number of aromatic nitrogens is 2. The Hall–Kier alpha value is -5.50. The number of benzene rings is 4. The number of hydrogen-bond acceptors (Lipinski definition) is 6. The van der Waals surface area contributed by atoms with Crippen molar-refractivity contribution in [3.05, 3.63) is 131 Å². The first-order valence-corrected chi connectivity index (χ1v) is 14.2. The van der Waals surface area contributed by atoms with Crippen molar-refractivity contribution in [3.8, 4) is 5.69 Å². The van der Waals surface area contributed by atoms with E-state index in [0.29, 0.717) is 17.2 Å². The van der Waals surface area contributed by atoms with Crippen LogP contribution in [0.2, 0.25) is 0 Å². The van der Waals surface area contributed by atoms with E-state index in [4.69, 9.17) is 19.8 Å². The Labute approximate surface area is 250 Å². The van der Waals surface area contributed by atoms with E-state index in [2.05, 4.69) is 48.3 Å². The largest absolute Gasteiger partial charge is 0.465 e. The van der Waals surface area contributed by atoms with Gasteiger partial charge in [0.1, 0.15) is 0 Å². The Morgan fingerprint density at radius 2 is 1.65 bits per heavy atom. The van der Waals surface area contributed by atoms with Gasteiger partial charge in [-0.05, 0) is 74.4 Å². The smallest absolute Gasteiger partial charge is 0.337 e. The number of carbonyl (C=O) groups is 1. The van der Waals surface area contributed by atoms with E-state index in [0.717, 1.165) is 51.0 Å². The third-order valence-corrected chi connectivity index (χ3v) is 7.91. The number of aryl methyl sites for hydroxylation is 3. The Bertz CT molecular complexity index is 1940. The summed E-state index contributed by atoms with van der Waals surface area (Å²) in [5.74, 6) is 1.70. The molecule has 0 bridgehead atoms. The van der Waals surface area contributed by atoms with Gasteiger partial charge in [-0.25, -0.2) is 19.5 Å². The summed E-state index contributed by atoms with van der Waals surface area (Å²) in [6.07, 6.45) is 0. The van der Waals surface area contributed by atoms with E-state index in [9.17, 15) is 4.79 Å². The minimum Gasteiger partial charge on any atom is -0.465 e. The molecule has 0 aliphatic carbocycles. The highest BCUT2D eigenvalue weighted by molar-refractivity contribution is 6.52. The second kappa shape index (κ2) is 10.4.